The smallest absolute Gasteiger partial charge is 0.337 e. The first-order valence-electron chi connectivity index (χ1n) is 6.58. The third-order valence-corrected chi connectivity index (χ3v) is 4.79. The van der Waals surface area contributed by atoms with Crippen molar-refractivity contribution in [2.75, 3.05) is 18.0 Å². The van der Waals surface area contributed by atoms with Crippen LogP contribution in [0.25, 0.3) is 0 Å². The normalized spacial score (nSPS) is 14.9. The van der Waals surface area contributed by atoms with E-state index in [9.17, 15) is 9.90 Å². The molecular weight excluding hydrogens is 398 g/mol. The van der Waals surface area contributed by atoms with Crippen LogP contribution in [0.1, 0.15) is 21.8 Å². The minimum absolute atomic E-state index is 0.322. The molecule has 1 aliphatic heterocycles. The Hall–Kier alpha value is -1.33. The molecule has 2 aromatic carbocycles. The van der Waals surface area contributed by atoms with Gasteiger partial charge in [-0.15, -0.1) is 0 Å². The van der Waals surface area contributed by atoms with E-state index in [-0.39, 0.29) is 0 Å². The Morgan fingerprint density at radius 3 is 2.43 bits per heavy atom. The molecule has 108 valence electrons. The monoisotopic (exact) mass is 409 g/mol. The molecule has 21 heavy (non-hydrogen) atoms. The third-order valence-electron chi connectivity index (χ3n) is 3.73. The van der Waals surface area contributed by atoms with Gasteiger partial charge in [-0.1, -0.05) is 46.3 Å². The second-order valence-corrected chi connectivity index (χ2v) is 6.87. The number of carboxylic acids is 1. The van der Waals surface area contributed by atoms with Gasteiger partial charge in [-0.25, -0.2) is 4.79 Å². The molecule has 0 amide bonds. The van der Waals surface area contributed by atoms with Crippen molar-refractivity contribution in [2.24, 2.45) is 0 Å². The highest BCUT2D eigenvalue weighted by atomic mass is 79.9. The molecule has 0 aromatic heterocycles. The van der Waals surface area contributed by atoms with Crippen molar-refractivity contribution in [3.8, 4) is 0 Å². The lowest BCUT2D eigenvalue weighted by molar-refractivity contribution is 0.0697. The van der Waals surface area contributed by atoms with Gasteiger partial charge in [-0.05, 0) is 33.6 Å². The SMILES string of the molecule is O=C(O)c1cc(Br)cc(Br)c1N1CC(c2ccccc2)C1. The number of nitrogens with zero attached hydrogens (tertiary/aromatic N) is 1. The van der Waals surface area contributed by atoms with E-state index in [2.05, 4.69) is 48.9 Å². The largest absolute Gasteiger partial charge is 0.478 e. The molecule has 1 saturated heterocycles. The lowest BCUT2D eigenvalue weighted by Gasteiger charge is -2.42. The first-order valence-corrected chi connectivity index (χ1v) is 8.17. The summed E-state index contributed by atoms with van der Waals surface area (Å²) >= 11 is 6.82. The van der Waals surface area contributed by atoms with Gasteiger partial charge in [-0.3, -0.25) is 0 Å². The van der Waals surface area contributed by atoms with Crippen LogP contribution in [0.15, 0.2) is 51.4 Å². The summed E-state index contributed by atoms with van der Waals surface area (Å²) in [6.07, 6.45) is 0. The maximum Gasteiger partial charge on any atom is 0.337 e. The molecule has 1 heterocycles. The Labute approximate surface area is 139 Å². The number of hydrogen-bond acceptors (Lipinski definition) is 2. The van der Waals surface area contributed by atoms with Gasteiger partial charge in [0, 0.05) is 28.0 Å². The molecule has 0 unspecified atom stereocenters. The lowest BCUT2D eigenvalue weighted by atomic mass is 9.90. The molecule has 0 saturated carbocycles. The topological polar surface area (TPSA) is 40.5 Å². The number of halogens is 2. The van der Waals surface area contributed by atoms with Gasteiger partial charge in [-0.2, -0.15) is 0 Å². The number of carbonyl (C=O) groups is 1. The molecule has 5 heteroatoms. The summed E-state index contributed by atoms with van der Waals surface area (Å²) in [7, 11) is 0. The fourth-order valence-electron chi connectivity index (χ4n) is 2.65. The van der Waals surface area contributed by atoms with Crippen LogP contribution in [-0.4, -0.2) is 24.2 Å². The Balaban J connectivity index is 1.86. The summed E-state index contributed by atoms with van der Waals surface area (Å²) in [4.78, 5) is 13.6. The minimum Gasteiger partial charge on any atom is -0.478 e. The number of hydrogen-bond donors (Lipinski definition) is 1. The fraction of sp³-hybridized carbons (Fsp3) is 0.188. The van der Waals surface area contributed by atoms with E-state index in [0.29, 0.717) is 11.5 Å². The highest BCUT2D eigenvalue weighted by Crippen LogP contribution is 2.39. The molecule has 0 atom stereocenters. The van der Waals surface area contributed by atoms with Gasteiger partial charge >= 0.3 is 5.97 Å². The fourth-order valence-corrected chi connectivity index (χ4v) is 4.12. The van der Waals surface area contributed by atoms with E-state index in [1.54, 1.807) is 6.07 Å². The van der Waals surface area contributed by atoms with Crippen molar-refractivity contribution in [3.63, 3.8) is 0 Å². The molecule has 1 fully saturated rings. The number of rotatable bonds is 3. The zero-order chi connectivity index (χ0) is 15.0. The van der Waals surface area contributed by atoms with Crippen LogP contribution >= 0.6 is 31.9 Å². The van der Waals surface area contributed by atoms with Gasteiger partial charge in [0.05, 0.1) is 11.3 Å². The zero-order valence-electron chi connectivity index (χ0n) is 11.1. The molecule has 0 radical (unpaired) electrons. The van der Waals surface area contributed by atoms with Gasteiger partial charge in [0.2, 0.25) is 0 Å². The maximum absolute atomic E-state index is 11.5. The second-order valence-electron chi connectivity index (χ2n) is 5.10. The predicted molar refractivity (Wildman–Crippen MR) is 90.2 cm³/mol. The van der Waals surface area contributed by atoms with Crippen LogP contribution in [0.4, 0.5) is 5.69 Å². The van der Waals surface area contributed by atoms with Crippen molar-refractivity contribution >= 4 is 43.5 Å². The second kappa shape index (κ2) is 5.81. The summed E-state index contributed by atoms with van der Waals surface area (Å²) in [6, 6.07) is 13.9. The summed E-state index contributed by atoms with van der Waals surface area (Å²) in [5, 5.41) is 9.40. The standard InChI is InChI=1S/C16H13Br2NO2/c17-12-6-13(16(20)21)15(14(18)7-12)19-8-11(9-19)10-4-2-1-3-5-10/h1-7,11H,8-9H2,(H,20,21). The number of benzene rings is 2. The molecule has 0 bridgehead atoms. The van der Waals surface area contributed by atoms with Crippen LogP contribution in [0.3, 0.4) is 0 Å². The van der Waals surface area contributed by atoms with E-state index >= 15 is 0 Å². The van der Waals surface area contributed by atoms with Gasteiger partial charge < -0.3 is 10.0 Å². The van der Waals surface area contributed by atoms with Crippen molar-refractivity contribution in [3.05, 3.63) is 62.5 Å². The first kappa shape index (κ1) is 14.6. The van der Waals surface area contributed by atoms with E-state index in [1.807, 2.05) is 24.3 Å². The molecule has 0 aliphatic carbocycles. The quantitative estimate of drug-likeness (QED) is 0.808. The maximum atomic E-state index is 11.5. The molecule has 1 N–H and O–H groups in total. The summed E-state index contributed by atoms with van der Waals surface area (Å²) in [5.41, 5.74) is 2.39. The first-order chi connectivity index (χ1) is 10.1. The van der Waals surface area contributed by atoms with Crippen LogP contribution in [-0.2, 0) is 0 Å². The van der Waals surface area contributed by atoms with Crippen molar-refractivity contribution < 1.29 is 9.90 Å². The molecule has 3 rings (SSSR count). The number of anilines is 1. The molecule has 0 spiro atoms. The van der Waals surface area contributed by atoms with Crippen LogP contribution in [0.5, 0.6) is 0 Å². The van der Waals surface area contributed by atoms with Gasteiger partial charge in [0.1, 0.15) is 0 Å². The Morgan fingerprint density at radius 1 is 1.14 bits per heavy atom. The zero-order valence-corrected chi connectivity index (χ0v) is 14.3. The van der Waals surface area contributed by atoms with Gasteiger partial charge in [0.25, 0.3) is 0 Å². The predicted octanol–water partition coefficient (Wildman–Crippen LogP) is 4.51. The average molecular weight is 411 g/mol. The Bertz CT molecular complexity index is 682. The molecular formula is C16H13Br2NO2. The number of carboxylic acid groups (broad SMARTS) is 1. The van der Waals surface area contributed by atoms with E-state index < -0.39 is 5.97 Å². The van der Waals surface area contributed by atoms with Crippen LogP contribution < -0.4 is 4.90 Å². The highest BCUT2D eigenvalue weighted by Gasteiger charge is 2.32. The Kier molecular flexibility index (Phi) is 4.04. The van der Waals surface area contributed by atoms with E-state index in [1.165, 1.54) is 5.56 Å². The van der Waals surface area contributed by atoms with Gasteiger partial charge in [0.15, 0.2) is 0 Å². The van der Waals surface area contributed by atoms with Crippen molar-refractivity contribution in [1.29, 1.82) is 0 Å². The molecule has 2 aromatic rings. The van der Waals surface area contributed by atoms with E-state index in [4.69, 9.17) is 0 Å². The third kappa shape index (κ3) is 2.85. The molecule has 3 nitrogen and oxygen atoms in total. The highest BCUT2D eigenvalue weighted by molar-refractivity contribution is 9.11. The van der Waals surface area contributed by atoms with Crippen molar-refractivity contribution in [1.82, 2.24) is 0 Å². The number of aromatic carboxylic acids is 1. The lowest BCUT2D eigenvalue weighted by Crippen LogP contribution is -2.45. The molecule has 1 aliphatic rings. The average Bonchev–Trinajstić information content (AvgIpc) is 2.40. The minimum atomic E-state index is -0.907. The van der Waals surface area contributed by atoms with Crippen LogP contribution in [0, 0.1) is 0 Å². The van der Waals surface area contributed by atoms with Crippen LogP contribution in [0.2, 0.25) is 0 Å². The van der Waals surface area contributed by atoms with Crippen molar-refractivity contribution in [2.45, 2.75) is 5.92 Å². The summed E-state index contributed by atoms with van der Waals surface area (Å²) < 4.78 is 1.57. The Morgan fingerprint density at radius 2 is 1.81 bits per heavy atom. The summed E-state index contributed by atoms with van der Waals surface area (Å²) in [5.74, 6) is -0.446. The summed E-state index contributed by atoms with van der Waals surface area (Å²) in [6.45, 7) is 1.68. The van der Waals surface area contributed by atoms with E-state index in [0.717, 1.165) is 27.7 Å².